The van der Waals surface area contributed by atoms with Crippen molar-refractivity contribution in [2.24, 2.45) is 0 Å². The minimum Gasteiger partial charge on any atom is -0.494 e. The van der Waals surface area contributed by atoms with Crippen molar-refractivity contribution < 1.29 is 9.53 Å². The molecule has 0 radical (unpaired) electrons. The number of aromatic nitrogens is 3. The van der Waals surface area contributed by atoms with Gasteiger partial charge in [0.2, 0.25) is 0 Å². The number of fused-ring (bicyclic) bond motifs is 1. The largest absolute Gasteiger partial charge is 0.494 e. The summed E-state index contributed by atoms with van der Waals surface area (Å²) in [5.41, 5.74) is 2.15. The van der Waals surface area contributed by atoms with E-state index in [0.29, 0.717) is 23.6 Å². The molecular weight excluding hydrogens is 352 g/mol. The Kier molecular flexibility index (Phi) is 5.01. The Bertz CT molecular complexity index is 1100. The molecule has 3 heterocycles. The van der Waals surface area contributed by atoms with Crippen LogP contribution in [0.5, 0.6) is 5.75 Å². The molecule has 0 spiro atoms. The number of hydrogen-bond donors (Lipinski definition) is 1. The minimum absolute atomic E-state index is 0.202. The van der Waals surface area contributed by atoms with Crippen LogP contribution in [0.3, 0.4) is 0 Å². The third kappa shape index (κ3) is 3.71. The van der Waals surface area contributed by atoms with Gasteiger partial charge in [-0.1, -0.05) is 13.0 Å². The first-order chi connectivity index (χ1) is 13.7. The van der Waals surface area contributed by atoms with E-state index in [4.69, 9.17) is 4.74 Å². The highest BCUT2D eigenvalue weighted by Gasteiger charge is 2.09. The summed E-state index contributed by atoms with van der Waals surface area (Å²) in [6.45, 7) is 2.67. The van der Waals surface area contributed by atoms with E-state index < -0.39 is 0 Å². The summed E-state index contributed by atoms with van der Waals surface area (Å²) in [4.78, 5) is 21.2. The molecule has 0 fully saturated rings. The van der Waals surface area contributed by atoms with E-state index in [2.05, 4.69) is 15.3 Å². The van der Waals surface area contributed by atoms with Gasteiger partial charge >= 0.3 is 0 Å². The van der Waals surface area contributed by atoms with E-state index >= 15 is 0 Å². The summed E-state index contributed by atoms with van der Waals surface area (Å²) >= 11 is 0. The third-order valence-corrected chi connectivity index (χ3v) is 4.32. The lowest BCUT2D eigenvalue weighted by molar-refractivity contribution is 0.102. The van der Waals surface area contributed by atoms with E-state index in [1.807, 2.05) is 54.1 Å². The van der Waals surface area contributed by atoms with Gasteiger partial charge in [-0.3, -0.25) is 14.3 Å². The first-order valence-corrected chi connectivity index (χ1v) is 9.16. The number of pyridine rings is 2. The summed E-state index contributed by atoms with van der Waals surface area (Å²) in [5.74, 6) is 1.25. The Labute approximate surface area is 162 Å². The third-order valence-electron chi connectivity index (χ3n) is 4.32. The molecule has 0 unspecified atom stereocenters. The van der Waals surface area contributed by atoms with Crippen LogP contribution in [0.15, 0.2) is 73.3 Å². The maximum absolute atomic E-state index is 12.5. The molecular formula is C22H20N4O2. The maximum atomic E-state index is 12.5. The van der Waals surface area contributed by atoms with Crippen molar-refractivity contribution in [1.82, 2.24) is 14.5 Å². The van der Waals surface area contributed by atoms with Crippen molar-refractivity contribution in [3.05, 3.63) is 78.9 Å². The van der Waals surface area contributed by atoms with E-state index in [-0.39, 0.29) is 5.91 Å². The highest BCUT2D eigenvalue weighted by Crippen LogP contribution is 2.20. The van der Waals surface area contributed by atoms with Crippen molar-refractivity contribution >= 4 is 22.5 Å². The van der Waals surface area contributed by atoms with Crippen molar-refractivity contribution in [3.8, 4) is 11.6 Å². The monoisotopic (exact) mass is 372 g/mol. The summed E-state index contributed by atoms with van der Waals surface area (Å²) in [7, 11) is 0. The highest BCUT2D eigenvalue weighted by atomic mass is 16.5. The van der Waals surface area contributed by atoms with Crippen molar-refractivity contribution in [2.75, 3.05) is 11.9 Å². The highest BCUT2D eigenvalue weighted by molar-refractivity contribution is 6.04. The number of anilines is 1. The van der Waals surface area contributed by atoms with Gasteiger partial charge in [0.25, 0.3) is 5.91 Å². The van der Waals surface area contributed by atoms with Crippen LogP contribution in [0.25, 0.3) is 16.7 Å². The van der Waals surface area contributed by atoms with Gasteiger partial charge in [0.15, 0.2) is 0 Å². The van der Waals surface area contributed by atoms with E-state index in [0.717, 1.165) is 23.1 Å². The Hall–Kier alpha value is -3.67. The zero-order valence-electron chi connectivity index (χ0n) is 15.5. The average Bonchev–Trinajstić information content (AvgIpc) is 3.17. The lowest BCUT2D eigenvalue weighted by Crippen LogP contribution is -2.12. The molecule has 1 N–H and O–H groups in total. The zero-order valence-corrected chi connectivity index (χ0v) is 15.5. The molecule has 6 nitrogen and oxygen atoms in total. The molecule has 0 saturated carbocycles. The van der Waals surface area contributed by atoms with Crippen LogP contribution in [-0.4, -0.2) is 27.0 Å². The molecule has 0 saturated heterocycles. The van der Waals surface area contributed by atoms with Gasteiger partial charge in [-0.15, -0.1) is 0 Å². The standard InChI is InChI=1S/C22H20N4O2/c1-2-12-28-19-5-3-4-17(13-19)22(27)25-18-6-7-21(24-14-18)26-11-9-16-8-10-23-15-20(16)26/h3-11,13-15H,2,12H2,1H3,(H,25,27). The molecule has 4 aromatic rings. The predicted octanol–water partition coefficient (Wildman–Crippen LogP) is 4.46. The number of nitrogens with one attached hydrogen (secondary N) is 1. The summed E-state index contributed by atoms with van der Waals surface area (Å²) in [6, 6.07) is 14.8. The number of carbonyl (C=O) groups is 1. The Morgan fingerprint density at radius 2 is 2.07 bits per heavy atom. The molecule has 140 valence electrons. The lowest BCUT2D eigenvalue weighted by atomic mass is 10.2. The number of nitrogens with zero attached hydrogens (tertiary/aromatic N) is 3. The fourth-order valence-electron chi connectivity index (χ4n) is 2.93. The van der Waals surface area contributed by atoms with Crippen LogP contribution in [0.2, 0.25) is 0 Å². The normalized spacial score (nSPS) is 10.8. The fraction of sp³-hybridized carbons (Fsp3) is 0.136. The number of rotatable bonds is 6. The van der Waals surface area contributed by atoms with Crippen LogP contribution >= 0.6 is 0 Å². The van der Waals surface area contributed by atoms with E-state index in [9.17, 15) is 4.79 Å². The summed E-state index contributed by atoms with van der Waals surface area (Å²) in [6.07, 6.45) is 8.09. The van der Waals surface area contributed by atoms with Crippen LogP contribution in [0, 0.1) is 0 Å². The second-order valence-corrected chi connectivity index (χ2v) is 6.36. The molecule has 0 aliphatic rings. The van der Waals surface area contributed by atoms with Crippen LogP contribution in [0.1, 0.15) is 23.7 Å². The molecule has 0 bridgehead atoms. The van der Waals surface area contributed by atoms with Crippen LogP contribution < -0.4 is 10.1 Å². The first-order valence-electron chi connectivity index (χ1n) is 9.16. The van der Waals surface area contributed by atoms with E-state index in [1.54, 1.807) is 30.7 Å². The van der Waals surface area contributed by atoms with Crippen LogP contribution in [-0.2, 0) is 0 Å². The Morgan fingerprint density at radius 1 is 1.14 bits per heavy atom. The quantitative estimate of drug-likeness (QED) is 0.542. The molecule has 0 aliphatic heterocycles. The minimum atomic E-state index is -0.202. The second kappa shape index (κ2) is 7.92. The Morgan fingerprint density at radius 3 is 2.89 bits per heavy atom. The number of hydrogen-bond acceptors (Lipinski definition) is 4. The second-order valence-electron chi connectivity index (χ2n) is 6.36. The van der Waals surface area contributed by atoms with Gasteiger partial charge < -0.3 is 10.1 Å². The maximum Gasteiger partial charge on any atom is 0.255 e. The number of ether oxygens (including phenoxy) is 1. The fourth-order valence-corrected chi connectivity index (χ4v) is 2.93. The van der Waals surface area contributed by atoms with Gasteiger partial charge in [0.1, 0.15) is 11.6 Å². The average molecular weight is 372 g/mol. The molecule has 3 aromatic heterocycles. The predicted molar refractivity (Wildman–Crippen MR) is 109 cm³/mol. The first kappa shape index (κ1) is 17.7. The molecule has 0 aliphatic carbocycles. The molecule has 4 rings (SSSR count). The van der Waals surface area contributed by atoms with Crippen LogP contribution in [0.4, 0.5) is 5.69 Å². The lowest BCUT2D eigenvalue weighted by Gasteiger charge is -2.09. The van der Waals surface area contributed by atoms with Gasteiger partial charge in [-0.25, -0.2) is 4.98 Å². The molecule has 1 amide bonds. The van der Waals surface area contributed by atoms with Gasteiger partial charge in [-0.2, -0.15) is 0 Å². The number of carbonyl (C=O) groups excluding carboxylic acids is 1. The van der Waals surface area contributed by atoms with Gasteiger partial charge in [0, 0.05) is 23.3 Å². The molecule has 0 atom stereocenters. The smallest absolute Gasteiger partial charge is 0.255 e. The number of benzene rings is 1. The van der Waals surface area contributed by atoms with Crippen molar-refractivity contribution in [2.45, 2.75) is 13.3 Å². The summed E-state index contributed by atoms with van der Waals surface area (Å²) in [5, 5.41) is 3.97. The Balaban J connectivity index is 1.49. The zero-order chi connectivity index (χ0) is 19.3. The molecule has 28 heavy (non-hydrogen) atoms. The van der Waals surface area contributed by atoms with Gasteiger partial charge in [0.05, 0.1) is 30.2 Å². The van der Waals surface area contributed by atoms with Gasteiger partial charge in [-0.05, 0) is 48.9 Å². The topological polar surface area (TPSA) is 69.0 Å². The molecule has 1 aromatic carbocycles. The van der Waals surface area contributed by atoms with E-state index in [1.165, 1.54) is 0 Å². The van der Waals surface area contributed by atoms with Crippen molar-refractivity contribution in [3.63, 3.8) is 0 Å². The SMILES string of the molecule is CCCOc1cccc(C(=O)Nc2ccc(-n3ccc4ccncc43)nc2)c1. The number of amides is 1. The molecule has 6 heteroatoms. The van der Waals surface area contributed by atoms with Crippen molar-refractivity contribution in [1.29, 1.82) is 0 Å². The summed E-state index contributed by atoms with van der Waals surface area (Å²) < 4.78 is 7.55.